The summed E-state index contributed by atoms with van der Waals surface area (Å²) in [7, 11) is 0. The van der Waals surface area contributed by atoms with Crippen LogP contribution in [0.3, 0.4) is 0 Å². The lowest BCUT2D eigenvalue weighted by atomic mass is 9.99. The molecule has 2 heterocycles. The molecule has 0 spiro atoms. The van der Waals surface area contributed by atoms with Gasteiger partial charge >= 0.3 is 0 Å². The normalized spacial score (nSPS) is 10.6. The van der Waals surface area contributed by atoms with Crippen molar-refractivity contribution in [1.82, 2.24) is 15.0 Å². The highest BCUT2D eigenvalue weighted by molar-refractivity contribution is 9.10. The topological polar surface area (TPSA) is 99.9 Å². The van der Waals surface area contributed by atoms with E-state index in [1.807, 2.05) is 60.7 Å². The Labute approximate surface area is 170 Å². The summed E-state index contributed by atoms with van der Waals surface area (Å²) < 4.78 is 6.69. The van der Waals surface area contributed by atoms with E-state index in [4.69, 9.17) is 16.2 Å². The Bertz CT molecular complexity index is 1120. The Balaban J connectivity index is 1.72. The van der Waals surface area contributed by atoms with Crippen LogP contribution in [0.5, 0.6) is 11.6 Å². The van der Waals surface area contributed by atoms with Crippen LogP contribution in [0.1, 0.15) is 0 Å². The van der Waals surface area contributed by atoms with Crippen LogP contribution < -0.4 is 16.2 Å². The molecular formula is C21H16BrN5O. The first-order valence-electron chi connectivity index (χ1n) is 8.48. The van der Waals surface area contributed by atoms with Gasteiger partial charge in [0.15, 0.2) is 0 Å². The van der Waals surface area contributed by atoms with Crippen LogP contribution in [0, 0.1) is 0 Å². The van der Waals surface area contributed by atoms with Gasteiger partial charge in [0.1, 0.15) is 11.6 Å². The maximum atomic E-state index is 6.19. The zero-order chi connectivity index (χ0) is 19.5. The SMILES string of the molecule is Nc1nc(N)c(-c2ccc(Oc3cc(Br)ccn3)cc2)c(-c2ccccc2)n1. The fourth-order valence-electron chi connectivity index (χ4n) is 2.84. The number of halogens is 1. The van der Waals surface area contributed by atoms with Gasteiger partial charge in [-0.2, -0.15) is 4.98 Å². The molecule has 4 rings (SSSR count). The molecule has 0 aliphatic rings. The second-order valence-corrected chi connectivity index (χ2v) is 6.91. The molecule has 0 aliphatic heterocycles. The lowest BCUT2D eigenvalue weighted by Crippen LogP contribution is -2.04. The van der Waals surface area contributed by atoms with E-state index in [2.05, 4.69) is 30.9 Å². The van der Waals surface area contributed by atoms with Gasteiger partial charge in [-0.05, 0) is 23.8 Å². The Morgan fingerprint density at radius 2 is 1.57 bits per heavy atom. The smallest absolute Gasteiger partial charge is 0.222 e. The Morgan fingerprint density at radius 1 is 0.821 bits per heavy atom. The van der Waals surface area contributed by atoms with E-state index < -0.39 is 0 Å². The maximum Gasteiger partial charge on any atom is 0.222 e. The first kappa shape index (κ1) is 17.9. The van der Waals surface area contributed by atoms with Gasteiger partial charge in [0.05, 0.1) is 11.3 Å². The molecule has 7 heteroatoms. The number of nitrogens with zero attached hydrogens (tertiary/aromatic N) is 3. The summed E-state index contributed by atoms with van der Waals surface area (Å²) in [5.41, 5.74) is 15.2. The monoisotopic (exact) mass is 433 g/mol. The van der Waals surface area contributed by atoms with E-state index in [-0.39, 0.29) is 5.95 Å². The van der Waals surface area contributed by atoms with Crippen molar-refractivity contribution in [2.45, 2.75) is 0 Å². The predicted octanol–water partition coefficient (Wildman–Crippen LogP) is 4.92. The second-order valence-electron chi connectivity index (χ2n) is 6.00. The van der Waals surface area contributed by atoms with E-state index >= 15 is 0 Å². The van der Waals surface area contributed by atoms with Gasteiger partial charge in [0, 0.05) is 22.3 Å². The van der Waals surface area contributed by atoms with E-state index in [1.165, 1.54) is 0 Å². The Hall–Kier alpha value is -3.45. The van der Waals surface area contributed by atoms with Gasteiger partial charge in [-0.3, -0.25) is 0 Å². The van der Waals surface area contributed by atoms with Crippen LogP contribution in [0.4, 0.5) is 11.8 Å². The molecule has 6 nitrogen and oxygen atoms in total. The molecule has 4 aromatic rings. The first-order chi connectivity index (χ1) is 13.6. The summed E-state index contributed by atoms with van der Waals surface area (Å²) >= 11 is 3.40. The Morgan fingerprint density at radius 3 is 2.29 bits per heavy atom. The number of anilines is 2. The molecule has 2 aromatic carbocycles. The molecule has 4 N–H and O–H groups in total. The van der Waals surface area contributed by atoms with Crippen molar-refractivity contribution in [3.05, 3.63) is 77.4 Å². The molecule has 0 atom stereocenters. The zero-order valence-electron chi connectivity index (χ0n) is 14.7. The third-order valence-corrected chi connectivity index (χ3v) is 4.56. The summed E-state index contributed by atoms with van der Waals surface area (Å²) in [5.74, 6) is 1.63. The quantitative estimate of drug-likeness (QED) is 0.473. The predicted molar refractivity (Wildman–Crippen MR) is 114 cm³/mol. The number of ether oxygens (including phenoxy) is 1. The second kappa shape index (κ2) is 7.66. The highest BCUT2D eigenvalue weighted by atomic mass is 79.9. The fourth-order valence-corrected chi connectivity index (χ4v) is 3.15. The lowest BCUT2D eigenvalue weighted by molar-refractivity contribution is 0.462. The number of hydrogen-bond acceptors (Lipinski definition) is 6. The number of aromatic nitrogens is 3. The van der Waals surface area contributed by atoms with Crippen molar-refractivity contribution in [3.63, 3.8) is 0 Å². The van der Waals surface area contributed by atoms with E-state index in [0.29, 0.717) is 23.1 Å². The number of pyridine rings is 1. The highest BCUT2D eigenvalue weighted by Crippen LogP contribution is 2.36. The number of benzene rings is 2. The molecule has 0 amide bonds. The van der Waals surface area contributed by atoms with Crippen molar-refractivity contribution in [2.75, 3.05) is 11.5 Å². The van der Waals surface area contributed by atoms with Crippen molar-refractivity contribution >= 4 is 27.7 Å². The first-order valence-corrected chi connectivity index (χ1v) is 9.28. The number of hydrogen-bond donors (Lipinski definition) is 2. The van der Waals surface area contributed by atoms with Crippen LogP contribution in [-0.2, 0) is 0 Å². The molecule has 0 saturated carbocycles. The molecule has 2 aromatic heterocycles. The molecule has 0 radical (unpaired) electrons. The number of rotatable bonds is 4. The van der Waals surface area contributed by atoms with E-state index in [1.54, 1.807) is 12.3 Å². The lowest BCUT2D eigenvalue weighted by Gasteiger charge is -2.13. The molecule has 0 saturated heterocycles. The third kappa shape index (κ3) is 3.79. The van der Waals surface area contributed by atoms with Gasteiger partial charge in [-0.25, -0.2) is 9.97 Å². The van der Waals surface area contributed by atoms with Crippen LogP contribution in [0.2, 0.25) is 0 Å². The van der Waals surface area contributed by atoms with Crippen molar-refractivity contribution in [3.8, 4) is 34.0 Å². The minimum atomic E-state index is 0.140. The molecule has 28 heavy (non-hydrogen) atoms. The van der Waals surface area contributed by atoms with Gasteiger partial charge in [0.25, 0.3) is 0 Å². The summed E-state index contributed by atoms with van der Waals surface area (Å²) in [4.78, 5) is 12.7. The minimum Gasteiger partial charge on any atom is -0.439 e. The average Bonchev–Trinajstić information content (AvgIpc) is 2.69. The fraction of sp³-hybridized carbons (Fsp3) is 0. The number of nitrogen functional groups attached to an aromatic ring is 2. The van der Waals surface area contributed by atoms with Crippen molar-refractivity contribution in [1.29, 1.82) is 0 Å². The largest absolute Gasteiger partial charge is 0.439 e. The van der Waals surface area contributed by atoms with Crippen LogP contribution in [-0.4, -0.2) is 15.0 Å². The highest BCUT2D eigenvalue weighted by Gasteiger charge is 2.15. The van der Waals surface area contributed by atoms with Gasteiger partial charge in [-0.15, -0.1) is 0 Å². The third-order valence-electron chi connectivity index (χ3n) is 4.06. The van der Waals surface area contributed by atoms with Crippen molar-refractivity contribution in [2.24, 2.45) is 0 Å². The summed E-state index contributed by atoms with van der Waals surface area (Å²) in [5, 5.41) is 0. The average molecular weight is 434 g/mol. The maximum absolute atomic E-state index is 6.19. The molecule has 0 bridgehead atoms. The number of nitrogens with two attached hydrogens (primary N) is 2. The summed E-state index contributed by atoms with van der Waals surface area (Å²) in [6.45, 7) is 0. The minimum absolute atomic E-state index is 0.140. The van der Waals surface area contributed by atoms with Crippen LogP contribution >= 0.6 is 15.9 Å². The van der Waals surface area contributed by atoms with Gasteiger partial charge in [0.2, 0.25) is 11.8 Å². The summed E-state index contributed by atoms with van der Waals surface area (Å²) in [6, 6.07) is 20.9. The standard InChI is InChI=1S/C21H16BrN5O/c22-15-10-11-25-17(12-15)28-16-8-6-13(7-9-16)18-19(14-4-2-1-3-5-14)26-21(24)27-20(18)23/h1-12H,(H4,23,24,26,27). The Kier molecular flexibility index (Phi) is 4.90. The van der Waals surface area contributed by atoms with Gasteiger partial charge < -0.3 is 16.2 Å². The van der Waals surface area contributed by atoms with Crippen molar-refractivity contribution < 1.29 is 4.74 Å². The molecule has 0 fully saturated rings. The van der Waals surface area contributed by atoms with E-state index in [9.17, 15) is 0 Å². The van der Waals surface area contributed by atoms with Crippen LogP contribution in [0.25, 0.3) is 22.4 Å². The summed E-state index contributed by atoms with van der Waals surface area (Å²) in [6.07, 6.45) is 1.67. The van der Waals surface area contributed by atoms with Crippen LogP contribution in [0.15, 0.2) is 77.4 Å². The van der Waals surface area contributed by atoms with Gasteiger partial charge in [-0.1, -0.05) is 58.4 Å². The molecule has 0 unspecified atom stereocenters. The molecule has 0 aliphatic carbocycles. The molecular weight excluding hydrogens is 418 g/mol. The molecule has 138 valence electrons. The zero-order valence-corrected chi connectivity index (χ0v) is 16.3. The van der Waals surface area contributed by atoms with E-state index in [0.717, 1.165) is 21.2 Å².